The topological polar surface area (TPSA) is 94.9 Å². The zero-order valence-electron chi connectivity index (χ0n) is 18.4. The average Bonchev–Trinajstić information content (AvgIpc) is 2.87. The minimum absolute atomic E-state index is 0.354. The standard InChI is InChI=1S/C25H22N4O4/c1-31-22-12-17(13-23(32-2)24(22)33-3)21-14-19(18-6-4-5-7-20(18)28-21)25(30)29-27-15-16-8-10-26-11-9-16/h4-15H,1-3H3,(H,29,30)/b27-15+. The molecule has 0 radical (unpaired) electrons. The van der Waals surface area contributed by atoms with Crippen molar-refractivity contribution < 1.29 is 19.0 Å². The van der Waals surface area contributed by atoms with E-state index in [0.29, 0.717) is 45.0 Å². The summed E-state index contributed by atoms with van der Waals surface area (Å²) < 4.78 is 16.3. The number of methoxy groups -OCH3 is 3. The van der Waals surface area contributed by atoms with Gasteiger partial charge in [0.05, 0.1) is 44.3 Å². The summed E-state index contributed by atoms with van der Waals surface area (Å²) in [5, 5.41) is 4.79. The molecule has 2 aromatic carbocycles. The van der Waals surface area contributed by atoms with Crippen LogP contribution in [0.1, 0.15) is 15.9 Å². The molecule has 0 atom stereocenters. The molecule has 2 heterocycles. The molecule has 2 aromatic heterocycles. The molecule has 0 unspecified atom stereocenters. The van der Waals surface area contributed by atoms with E-state index in [1.54, 1.807) is 70.3 Å². The highest BCUT2D eigenvalue weighted by atomic mass is 16.5. The second-order valence-corrected chi connectivity index (χ2v) is 6.97. The van der Waals surface area contributed by atoms with E-state index < -0.39 is 0 Å². The van der Waals surface area contributed by atoms with Crippen LogP contribution in [0.3, 0.4) is 0 Å². The van der Waals surface area contributed by atoms with Crippen LogP contribution >= 0.6 is 0 Å². The van der Waals surface area contributed by atoms with Gasteiger partial charge in [0.25, 0.3) is 5.91 Å². The van der Waals surface area contributed by atoms with Gasteiger partial charge >= 0.3 is 0 Å². The van der Waals surface area contributed by atoms with E-state index in [9.17, 15) is 4.79 Å². The maximum absolute atomic E-state index is 13.0. The van der Waals surface area contributed by atoms with E-state index in [2.05, 4.69) is 15.5 Å². The Morgan fingerprint density at radius 1 is 0.939 bits per heavy atom. The monoisotopic (exact) mass is 442 g/mol. The van der Waals surface area contributed by atoms with Crippen LogP contribution in [-0.4, -0.2) is 43.4 Å². The van der Waals surface area contributed by atoms with Crippen LogP contribution in [0.25, 0.3) is 22.2 Å². The lowest BCUT2D eigenvalue weighted by Crippen LogP contribution is -2.18. The van der Waals surface area contributed by atoms with Crippen molar-refractivity contribution >= 4 is 23.0 Å². The summed E-state index contributed by atoms with van der Waals surface area (Å²) in [6.45, 7) is 0. The molecule has 0 spiro atoms. The molecular formula is C25H22N4O4. The van der Waals surface area contributed by atoms with Crippen LogP contribution < -0.4 is 19.6 Å². The molecule has 1 N–H and O–H groups in total. The maximum Gasteiger partial charge on any atom is 0.272 e. The highest BCUT2D eigenvalue weighted by Crippen LogP contribution is 2.41. The number of hydrogen-bond acceptors (Lipinski definition) is 7. The number of amides is 1. The maximum atomic E-state index is 13.0. The van der Waals surface area contributed by atoms with Crippen molar-refractivity contribution in [2.75, 3.05) is 21.3 Å². The number of aromatic nitrogens is 2. The van der Waals surface area contributed by atoms with Crippen molar-refractivity contribution in [1.29, 1.82) is 0 Å². The number of rotatable bonds is 7. The normalized spacial score (nSPS) is 10.9. The van der Waals surface area contributed by atoms with E-state index in [4.69, 9.17) is 19.2 Å². The number of pyridine rings is 2. The van der Waals surface area contributed by atoms with Gasteiger partial charge in [-0.15, -0.1) is 0 Å². The van der Waals surface area contributed by atoms with Crippen LogP contribution in [0.2, 0.25) is 0 Å². The Hall–Kier alpha value is -4.46. The number of carbonyl (C=O) groups is 1. The van der Waals surface area contributed by atoms with Gasteiger partial charge in [0.1, 0.15) is 0 Å². The van der Waals surface area contributed by atoms with Crippen LogP contribution in [0, 0.1) is 0 Å². The van der Waals surface area contributed by atoms with Gasteiger partial charge in [-0.3, -0.25) is 9.78 Å². The molecule has 4 aromatic rings. The number of para-hydroxylation sites is 1. The van der Waals surface area contributed by atoms with Crippen molar-refractivity contribution in [3.8, 4) is 28.5 Å². The van der Waals surface area contributed by atoms with Crippen molar-refractivity contribution in [3.63, 3.8) is 0 Å². The SMILES string of the molecule is COc1cc(-c2cc(C(=O)N/N=C/c3ccncc3)c3ccccc3n2)cc(OC)c1OC. The minimum atomic E-state index is -0.354. The van der Waals surface area contributed by atoms with Crippen LogP contribution in [0.4, 0.5) is 0 Å². The molecule has 1 amide bonds. The molecule has 0 saturated carbocycles. The highest BCUT2D eigenvalue weighted by molar-refractivity contribution is 6.07. The summed E-state index contributed by atoms with van der Waals surface area (Å²) in [5.41, 5.74) is 5.82. The van der Waals surface area contributed by atoms with Crippen molar-refractivity contribution in [3.05, 3.63) is 78.1 Å². The number of fused-ring (bicyclic) bond motifs is 1. The smallest absolute Gasteiger partial charge is 0.272 e. The van der Waals surface area contributed by atoms with E-state index >= 15 is 0 Å². The number of ether oxygens (including phenoxy) is 3. The Labute approximate surface area is 190 Å². The lowest BCUT2D eigenvalue weighted by molar-refractivity contribution is 0.0956. The zero-order valence-corrected chi connectivity index (χ0v) is 18.4. The lowest BCUT2D eigenvalue weighted by Gasteiger charge is -2.15. The third-order valence-electron chi connectivity index (χ3n) is 5.01. The number of benzene rings is 2. The molecule has 8 heteroatoms. The number of carbonyl (C=O) groups excluding carboxylic acids is 1. The number of nitrogens with one attached hydrogen (secondary N) is 1. The number of hydrazone groups is 1. The second-order valence-electron chi connectivity index (χ2n) is 6.97. The Bertz CT molecular complexity index is 1300. The third-order valence-corrected chi connectivity index (χ3v) is 5.01. The molecule has 0 saturated heterocycles. The Balaban J connectivity index is 1.76. The lowest BCUT2D eigenvalue weighted by atomic mass is 10.0. The first-order chi connectivity index (χ1) is 16.1. The van der Waals surface area contributed by atoms with Gasteiger partial charge in [0.15, 0.2) is 11.5 Å². The van der Waals surface area contributed by atoms with E-state index in [-0.39, 0.29) is 5.91 Å². The molecule has 0 fully saturated rings. The highest BCUT2D eigenvalue weighted by Gasteiger charge is 2.18. The fourth-order valence-electron chi connectivity index (χ4n) is 3.42. The summed E-state index contributed by atoms with van der Waals surface area (Å²) >= 11 is 0. The van der Waals surface area contributed by atoms with Crippen molar-refractivity contribution in [1.82, 2.24) is 15.4 Å². The first-order valence-corrected chi connectivity index (χ1v) is 10.1. The second kappa shape index (κ2) is 9.78. The van der Waals surface area contributed by atoms with E-state index in [1.165, 1.54) is 0 Å². The average molecular weight is 442 g/mol. The van der Waals surface area contributed by atoms with Gasteiger partial charge in [0, 0.05) is 23.3 Å². The van der Waals surface area contributed by atoms with Crippen molar-refractivity contribution in [2.45, 2.75) is 0 Å². The van der Waals surface area contributed by atoms with Crippen LogP contribution in [-0.2, 0) is 0 Å². The molecule has 0 aliphatic rings. The van der Waals surface area contributed by atoms with Gasteiger partial charge in [-0.2, -0.15) is 5.10 Å². The van der Waals surface area contributed by atoms with Crippen LogP contribution in [0.15, 0.2) is 72.1 Å². The van der Waals surface area contributed by atoms with Gasteiger partial charge in [-0.25, -0.2) is 10.4 Å². The van der Waals surface area contributed by atoms with Gasteiger partial charge in [-0.1, -0.05) is 18.2 Å². The van der Waals surface area contributed by atoms with Gasteiger partial charge in [-0.05, 0) is 42.0 Å². The fourth-order valence-corrected chi connectivity index (χ4v) is 3.42. The predicted molar refractivity (Wildman–Crippen MR) is 126 cm³/mol. The number of hydrogen-bond donors (Lipinski definition) is 1. The molecule has 4 rings (SSSR count). The van der Waals surface area contributed by atoms with E-state index in [0.717, 1.165) is 5.56 Å². The summed E-state index contributed by atoms with van der Waals surface area (Å²) in [7, 11) is 4.65. The Morgan fingerprint density at radius 2 is 1.64 bits per heavy atom. The molecule has 8 nitrogen and oxygen atoms in total. The van der Waals surface area contributed by atoms with Gasteiger partial charge in [0.2, 0.25) is 5.75 Å². The molecule has 0 aliphatic heterocycles. The largest absolute Gasteiger partial charge is 0.493 e. The zero-order chi connectivity index (χ0) is 23.2. The quantitative estimate of drug-likeness (QED) is 0.342. The minimum Gasteiger partial charge on any atom is -0.493 e. The first kappa shape index (κ1) is 21.8. The van der Waals surface area contributed by atoms with Crippen LogP contribution in [0.5, 0.6) is 17.2 Å². The van der Waals surface area contributed by atoms with Gasteiger partial charge < -0.3 is 14.2 Å². The molecule has 0 aliphatic carbocycles. The molecule has 33 heavy (non-hydrogen) atoms. The Kier molecular flexibility index (Phi) is 6.45. The Morgan fingerprint density at radius 3 is 2.30 bits per heavy atom. The molecule has 166 valence electrons. The number of nitrogens with zero attached hydrogens (tertiary/aromatic N) is 3. The van der Waals surface area contributed by atoms with Crippen molar-refractivity contribution in [2.24, 2.45) is 5.10 Å². The summed E-state index contributed by atoms with van der Waals surface area (Å²) in [6.07, 6.45) is 4.87. The predicted octanol–water partition coefficient (Wildman–Crippen LogP) is 4.09. The summed E-state index contributed by atoms with van der Waals surface area (Å²) in [5.74, 6) is 1.12. The summed E-state index contributed by atoms with van der Waals surface area (Å²) in [4.78, 5) is 21.8. The molecular weight excluding hydrogens is 420 g/mol. The third kappa shape index (κ3) is 4.59. The first-order valence-electron chi connectivity index (χ1n) is 10.1. The molecule has 0 bridgehead atoms. The van der Waals surface area contributed by atoms with E-state index in [1.807, 2.05) is 24.3 Å². The fraction of sp³-hybridized carbons (Fsp3) is 0.120. The summed E-state index contributed by atoms with van der Waals surface area (Å²) in [6, 6.07) is 16.3.